The fourth-order valence-electron chi connectivity index (χ4n) is 4.48. The molecule has 0 bridgehead atoms. The van der Waals surface area contributed by atoms with Crippen molar-refractivity contribution in [3.8, 4) is 0 Å². The van der Waals surface area contributed by atoms with Crippen LogP contribution in [0.5, 0.6) is 0 Å². The number of rotatable bonds is 31. The van der Waals surface area contributed by atoms with E-state index in [0.29, 0.717) is 17.4 Å². The molecule has 0 aromatic carbocycles. The number of unbranched alkanes of at least 4 members (excludes halogenated alkanes) is 15. The average molecular weight is 649 g/mol. The third kappa shape index (κ3) is 30.8. The summed E-state index contributed by atoms with van der Waals surface area (Å²) in [6.07, 6.45) is 24.3. The van der Waals surface area contributed by atoms with Gasteiger partial charge in [0.1, 0.15) is 19.8 Å². The van der Waals surface area contributed by atoms with Gasteiger partial charge in [0, 0.05) is 12.8 Å². The SMILES string of the molecule is CCCCCCC/C=C/CCCCCCCC(=O)OC[C@H](COP(=O)(O)OCC[N+](C)(C)C)OC(=O)CCCCCCCC. The van der Waals surface area contributed by atoms with Crippen LogP contribution in [0.25, 0.3) is 0 Å². The number of quaternary nitrogens is 1. The zero-order chi connectivity index (χ0) is 32.9. The highest BCUT2D eigenvalue weighted by molar-refractivity contribution is 7.47. The molecule has 0 spiro atoms. The predicted molar refractivity (Wildman–Crippen MR) is 178 cm³/mol. The second kappa shape index (κ2) is 28.0. The molecular formula is C34H67NO8P+. The van der Waals surface area contributed by atoms with Gasteiger partial charge in [-0.1, -0.05) is 103 Å². The molecule has 0 aliphatic rings. The highest BCUT2D eigenvalue weighted by Crippen LogP contribution is 2.43. The van der Waals surface area contributed by atoms with E-state index in [1.54, 1.807) is 0 Å². The number of hydrogen-bond donors (Lipinski definition) is 1. The van der Waals surface area contributed by atoms with Crippen LogP contribution >= 0.6 is 7.82 Å². The van der Waals surface area contributed by atoms with Crippen molar-refractivity contribution in [1.29, 1.82) is 0 Å². The molecule has 0 fully saturated rings. The quantitative estimate of drug-likeness (QED) is 0.0262. The number of likely N-dealkylation sites (N-methyl/N-ethyl adjacent to an activating group) is 1. The molecule has 0 aliphatic heterocycles. The third-order valence-corrected chi connectivity index (χ3v) is 8.28. The molecule has 9 nitrogen and oxygen atoms in total. The first-order valence-electron chi connectivity index (χ1n) is 17.4. The normalized spacial score (nSPS) is 14.0. The van der Waals surface area contributed by atoms with Gasteiger partial charge in [-0.05, 0) is 38.5 Å². The van der Waals surface area contributed by atoms with E-state index in [9.17, 15) is 19.0 Å². The lowest BCUT2D eigenvalue weighted by molar-refractivity contribution is -0.870. The van der Waals surface area contributed by atoms with Gasteiger partial charge >= 0.3 is 19.8 Å². The molecule has 0 rings (SSSR count). The topological polar surface area (TPSA) is 108 Å². The maximum Gasteiger partial charge on any atom is 0.472 e. The van der Waals surface area contributed by atoms with E-state index >= 15 is 0 Å². The summed E-state index contributed by atoms with van der Waals surface area (Å²) in [6, 6.07) is 0. The van der Waals surface area contributed by atoms with E-state index in [1.807, 2.05) is 21.1 Å². The smallest absolute Gasteiger partial charge is 0.462 e. The number of phosphoric acid groups is 1. The average Bonchev–Trinajstić information content (AvgIpc) is 2.95. The molecule has 0 amide bonds. The van der Waals surface area contributed by atoms with Gasteiger partial charge in [0.25, 0.3) is 0 Å². The fraction of sp³-hybridized carbons (Fsp3) is 0.882. The van der Waals surface area contributed by atoms with Crippen molar-refractivity contribution in [2.75, 3.05) is 47.5 Å². The first-order valence-corrected chi connectivity index (χ1v) is 18.9. The summed E-state index contributed by atoms with van der Waals surface area (Å²) in [7, 11) is 1.47. The Bertz CT molecular complexity index is 784. The van der Waals surface area contributed by atoms with Crippen LogP contribution in [-0.4, -0.2) is 74.9 Å². The molecule has 0 saturated heterocycles. The Morgan fingerprint density at radius 1 is 0.682 bits per heavy atom. The zero-order valence-electron chi connectivity index (χ0n) is 28.9. The van der Waals surface area contributed by atoms with Crippen molar-refractivity contribution in [1.82, 2.24) is 0 Å². The monoisotopic (exact) mass is 648 g/mol. The number of ether oxygens (including phenoxy) is 2. The highest BCUT2D eigenvalue weighted by Gasteiger charge is 2.27. The number of carbonyl (C=O) groups excluding carboxylic acids is 2. The van der Waals surface area contributed by atoms with Gasteiger partial charge in [0.15, 0.2) is 6.10 Å². The van der Waals surface area contributed by atoms with Gasteiger partial charge in [-0.15, -0.1) is 0 Å². The molecule has 0 saturated carbocycles. The molecule has 2 atom stereocenters. The van der Waals surface area contributed by atoms with Crippen LogP contribution in [-0.2, 0) is 32.7 Å². The van der Waals surface area contributed by atoms with Gasteiger partial charge in [-0.25, -0.2) is 4.57 Å². The van der Waals surface area contributed by atoms with E-state index < -0.39 is 26.5 Å². The van der Waals surface area contributed by atoms with E-state index in [1.165, 1.54) is 44.9 Å². The number of hydrogen-bond acceptors (Lipinski definition) is 7. The number of nitrogens with zero attached hydrogens (tertiary/aromatic N) is 1. The van der Waals surface area contributed by atoms with Gasteiger partial charge < -0.3 is 18.9 Å². The van der Waals surface area contributed by atoms with Crippen LogP contribution in [0.3, 0.4) is 0 Å². The molecule has 0 aliphatic carbocycles. The Morgan fingerprint density at radius 2 is 1.16 bits per heavy atom. The number of phosphoric ester groups is 1. The zero-order valence-corrected chi connectivity index (χ0v) is 29.8. The number of esters is 2. The van der Waals surface area contributed by atoms with Crippen LogP contribution in [0, 0.1) is 0 Å². The van der Waals surface area contributed by atoms with Crippen molar-refractivity contribution < 1.29 is 42.1 Å². The molecule has 10 heteroatoms. The lowest BCUT2D eigenvalue weighted by Crippen LogP contribution is -2.37. The summed E-state index contributed by atoms with van der Waals surface area (Å²) < 4.78 is 33.9. The first kappa shape index (κ1) is 42.8. The standard InChI is InChI=1S/C34H66NO8P/c1-6-8-10-12-14-15-16-17-18-19-20-21-23-24-26-33(36)40-30-32(43-34(37)27-25-22-13-11-9-7-2)31-42-44(38,39)41-29-28-35(3,4)5/h16-17,32H,6-15,18-31H2,1-5H3/p+1/b17-16+/t32-/m1/s1. The van der Waals surface area contributed by atoms with Crippen molar-refractivity contribution in [3.05, 3.63) is 12.2 Å². The lowest BCUT2D eigenvalue weighted by Gasteiger charge is -2.24. The number of allylic oxidation sites excluding steroid dienone is 2. The Balaban J connectivity index is 4.39. The van der Waals surface area contributed by atoms with E-state index in [-0.39, 0.29) is 32.0 Å². The van der Waals surface area contributed by atoms with Gasteiger partial charge in [-0.2, -0.15) is 0 Å². The maximum atomic E-state index is 12.4. The molecule has 260 valence electrons. The Morgan fingerprint density at radius 3 is 1.68 bits per heavy atom. The largest absolute Gasteiger partial charge is 0.472 e. The highest BCUT2D eigenvalue weighted by atomic mass is 31.2. The molecule has 1 unspecified atom stereocenters. The predicted octanol–water partition coefficient (Wildman–Crippen LogP) is 8.68. The second-order valence-electron chi connectivity index (χ2n) is 12.9. The molecule has 0 heterocycles. The molecule has 0 radical (unpaired) electrons. The minimum atomic E-state index is -4.35. The molecule has 0 aromatic heterocycles. The van der Waals surface area contributed by atoms with E-state index in [4.69, 9.17) is 18.5 Å². The van der Waals surface area contributed by atoms with Crippen molar-refractivity contribution in [2.45, 2.75) is 148 Å². The van der Waals surface area contributed by atoms with Crippen LogP contribution in [0.4, 0.5) is 0 Å². The van der Waals surface area contributed by atoms with Crippen molar-refractivity contribution >= 4 is 19.8 Å². The van der Waals surface area contributed by atoms with E-state index in [0.717, 1.165) is 64.2 Å². The van der Waals surface area contributed by atoms with Crippen LogP contribution in [0.1, 0.15) is 142 Å². The number of carbonyl (C=O) groups is 2. The Labute approximate surface area is 269 Å². The Hall–Kier alpha value is -1.25. The Kier molecular flexibility index (Phi) is 27.2. The second-order valence-corrected chi connectivity index (χ2v) is 14.4. The van der Waals surface area contributed by atoms with Gasteiger partial charge in [0.05, 0.1) is 27.7 Å². The van der Waals surface area contributed by atoms with Crippen molar-refractivity contribution in [2.24, 2.45) is 0 Å². The van der Waals surface area contributed by atoms with Crippen molar-refractivity contribution in [3.63, 3.8) is 0 Å². The molecule has 0 aromatic rings. The summed E-state index contributed by atoms with van der Waals surface area (Å²) in [5.74, 6) is -0.819. The van der Waals surface area contributed by atoms with Crippen LogP contribution < -0.4 is 0 Å². The first-order chi connectivity index (χ1) is 21.0. The van der Waals surface area contributed by atoms with Gasteiger partial charge in [-0.3, -0.25) is 18.6 Å². The van der Waals surface area contributed by atoms with Gasteiger partial charge in [0.2, 0.25) is 0 Å². The summed E-state index contributed by atoms with van der Waals surface area (Å²) in [4.78, 5) is 34.8. The molecule has 1 N–H and O–H groups in total. The fourth-order valence-corrected chi connectivity index (χ4v) is 5.22. The maximum absolute atomic E-state index is 12.4. The summed E-state index contributed by atoms with van der Waals surface area (Å²) >= 11 is 0. The van der Waals surface area contributed by atoms with E-state index in [2.05, 4.69) is 26.0 Å². The third-order valence-electron chi connectivity index (χ3n) is 7.30. The lowest BCUT2D eigenvalue weighted by atomic mass is 10.1. The minimum absolute atomic E-state index is 0.0324. The summed E-state index contributed by atoms with van der Waals surface area (Å²) in [5, 5.41) is 0. The van der Waals surface area contributed by atoms with Crippen LogP contribution in [0.2, 0.25) is 0 Å². The summed E-state index contributed by atoms with van der Waals surface area (Å²) in [5.41, 5.74) is 0. The van der Waals surface area contributed by atoms with Crippen LogP contribution in [0.15, 0.2) is 12.2 Å². The molecule has 44 heavy (non-hydrogen) atoms. The summed E-state index contributed by atoms with van der Waals surface area (Å²) in [6.45, 7) is 4.31. The molecular weight excluding hydrogens is 581 g/mol. The minimum Gasteiger partial charge on any atom is -0.462 e.